The lowest BCUT2D eigenvalue weighted by molar-refractivity contribution is -0.0245. The number of hydrogen-bond acceptors (Lipinski definition) is 4. The van der Waals surface area contributed by atoms with Gasteiger partial charge in [-0.3, -0.25) is 4.90 Å². The first-order valence-corrected chi connectivity index (χ1v) is 12.0. The van der Waals surface area contributed by atoms with Crippen LogP contribution in [-0.2, 0) is 0 Å². The zero-order chi connectivity index (χ0) is 21.1. The van der Waals surface area contributed by atoms with Crippen LogP contribution in [-0.4, -0.2) is 53.2 Å². The van der Waals surface area contributed by atoms with E-state index in [0.29, 0.717) is 36.0 Å². The molecular weight excluding hydrogens is 344 g/mol. The summed E-state index contributed by atoms with van der Waals surface area (Å²) in [6, 6.07) is 2.45. The third-order valence-corrected chi connectivity index (χ3v) is 7.69. The molecule has 2 saturated heterocycles. The van der Waals surface area contributed by atoms with E-state index in [2.05, 4.69) is 70.9 Å². The van der Waals surface area contributed by atoms with Crippen LogP contribution in [0.2, 0.25) is 0 Å². The fourth-order valence-electron chi connectivity index (χ4n) is 5.91. The van der Waals surface area contributed by atoms with Crippen molar-refractivity contribution in [1.82, 2.24) is 15.5 Å². The lowest BCUT2D eigenvalue weighted by Crippen LogP contribution is -2.67. The third-order valence-electron chi connectivity index (χ3n) is 7.69. The van der Waals surface area contributed by atoms with Crippen LogP contribution < -0.4 is 16.4 Å². The average molecular weight is 395 g/mol. The van der Waals surface area contributed by atoms with Gasteiger partial charge in [0.2, 0.25) is 0 Å². The summed E-state index contributed by atoms with van der Waals surface area (Å²) in [6.07, 6.45) is 7.54. The minimum absolute atomic E-state index is 0.214. The molecule has 28 heavy (non-hydrogen) atoms. The second-order valence-corrected chi connectivity index (χ2v) is 11.3. The Morgan fingerprint density at radius 2 is 1.18 bits per heavy atom. The van der Waals surface area contributed by atoms with Gasteiger partial charge in [0, 0.05) is 35.2 Å². The van der Waals surface area contributed by atoms with E-state index in [1.165, 1.54) is 45.1 Å². The summed E-state index contributed by atoms with van der Waals surface area (Å²) in [6.45, 7) is 21.3. The summed E-state index contributed by atoms with van der Waals surface area (Å²) in [5.74, 6) is 1.36. The number of hydrogen-bond donors (Lipinski definition) is 3. The molecule has 0 saturated carbocycles. The van der Waals surface area contributed by atoms with E-state index in [-0.39, 0.29) is 11.1 Å². The van der Waals surface area contributed by atoms with Gasteiger partial charge in [0.15, 0.2) is 0 Å². The number of unbranched alkanes of at least 4 members (excludes halogenated alkanes) is 3. The van der Waals surface area contributed by atoms with Gasteiger partial charge in [-0.25, -0.2) is 0 Å². The van der Waals surface area contributed by atoms with E-state index in [1.807, 2.05) is 0 Å². The molecule has 166 valence electrons. The highest BCUT2D eigenvalue weighted by Gasteiger charge is 2.45. The maximum Gasteiger partial charge on any atom is 0.0156 e. The minimum atomic E-state index is 0.214. The summed E-state index contributed by atoms with van der Waals surface area (Å²) in [4.78, 5) is 2.95. The number of piperidine rings is 2. The van der Waals surface area contributed by atoms with Crippen LogP contribution in [0.5, 0.6) is 0 Å². The highest BCUT2D eigenvalue weighted by molar-refractivity contribution is 5.03. The van der Waals surface area contributed by atoms with Crippen molar-refractivity contribution in [2.24, 2.45) is 17.6 Å². The van der Waals surface area contributed by atoms with E-state index in [0.717, 1.165) is 6.54 Å². The Balaban J connectivity index is 2.22. The Bertz CT molecular complexity index is 439. The first-order valence-electron chi connectivity index (χ1n) is 12.0. The van der Waals surface area contributed by atoms with Crippen LogP contribution in [0, 0.1) is 11.8 Å². The van der Waals surface area contributed by atoms with Gasteiger partial charge in [0.25, 0.3) is 0 Å². The maximum absolute atomic E-state index is 5.71. The summed E-state index contributed by atoms with van der Waals surface area (Å²) in [5.41, 5.74) is 6.13. The Hall–Kier alpha value is -0.160. The van der Waals surface area contributed by atoms with Crippen LogP contribution >= 0.6 is 0 Å². The summed E-state index contributed by atoms with van der Waals surface area (Å²) in [5, 5.41) is 7.72. The molecule has 0 aromatic rings. The van der Waals surface area contributed by atoms with Crippen molar-refractivity contribution in [3.63, 3.8) is 0 Å². The third kappa shape index (κ3) is 6.17. The number of nitrogens with two attached hydrogens (primary N) is 1. The van der Waals surface area contributed by atoms with Crippen LogP contribution in [0.25, 0.3) is 0 Å². The van der Waals surface area contributed by atoms with Crippen molar-refractivity contribution in [1.29, 1.82) is 0 Å². The molecule has 2 heterocycles. The molecule has 0 amide bonds. The molecule has 0 aliphatic carbocycles. The molecule has 0 spiro atoms. The van der Waals surface area contributed by atoms with Crippen molar-refractivity contribution in [3.05, 3.63) is 0 Å². The largest absolute Gasteiger partial charge is 0.330 e. The molecule has 2 aliphatic heterocycles. The lowest BCUT2D eigenvalue weighted by Gasteiger charge is -2.55. The van der Waals surface area contributed by atoms with Crippen molar-refractivity contribution in [2.45, 2.75) is 129 Å². The van der Waals surface area contributed by atoms with Gasteiger partial charge in [-0.05, 0) is 92.2 Å². The van der Waals surface area contributed by atoms with Crippen molar-refractivity contribution < 1.29 is 0 Å². The summed E-state index contributed by atoms with van der Waals surface area (Å²) >= 11 is 0. The zero-order valence-electron chi connectivity index (χ0n) is 20.1. The highest BCUT2D eigenvalue weighted by Crippen LogP contribution is 2.37. The molecule has 0 radical (unpaired) electrons. The molecule has 2 rings (SSSR count). The van der Waals surface area contributed by atoms with Gasteiger partial charge in [0.1, 0.15) is 0 Å². The van der Waals surface area contributed by atoms with Gasteiger partial charge < -0.3 is 16.4 Å². The summed E-state index contributed by atoms with van der Waals surface area (Å²) in [7, 11) is 0. The maximum atomic E-state index is 5.71. The monoisotopic (exact) mass is 394 g/mol. The molecule has 0 aromatic heterocycles. The Labute approximate surface area is 175 Å². The van der Waals surface area contributed by atoms with Gasteiger partial charge in [-0.15, -0.1) is 0 Å². The number of nitrogens with zero attached hydrogens (tertiary/aromatic N) is 1. The van der Waals surface area contributed by atoms with Gasteiger partial charge in [0.05, 0.1) is 0 Å². The van der Waals surface area contributed by atoms with Crippen LogP contribution in [0.3, 0.4) is 0 Å². The first kappa shape index (κ1) is 24.1. The quantitative estimate of drug-likeness (QED) is 0.542. The van der Waals surface area contributed by atoms with Gasteiger partial charge in [-0.1, -0.05) is 26.7 Å². The van der Waals surface area contributed by atoms with Gasteiger partial charge in [-0.2, -0.15) is 0 Å². The first-order chi connectivity index (χ1) is 13.0. The Morgan fingerprint density at radius 3 is 1.61 bits per heavy atom. The molecule has 6 atom stereocenters. The Kier molecular flexibility index (Phi) is 8.41. The molecule has 4 heteroatoms. The SMILES string of the molecule is CC1NC(C)(C)CC(N(CCCCCCN)C2CC(C)(C)NC(C)C2C)C1C. The van der Waals surface area contributed by atoms with Crippen molar-refractivity contribution >= 4 is 0 Å². The zero-order valence-corrected chi connectivity index (χ0v) is 20.1. The van der Waals surface area contributed by atoms with E-state index < -0.39 is 0 Å². The second-order valence-electron chi connectivity index (χ2n) is 11.3. The minimum Gasteiger partial charge on any atom is -0.330 e. The number of rotatable bonds is 8. The van der Waals surface area contributed by atoms with Crippen LogP contribution in [0.1, 0.15) is 93.9 Å². The van der Waals surface area contributed by atoms with Crippen LogP contribution in [0.15, 0.2) is 0 Å². The molecule has 2 aliphatic rings. The normalized spacial score (nSPS) is 37.9. The van der Waals surface area contributed by atoms with Gasteiger partial charge >= 0.3 is 0 Å². The van der Waals surface area contributed by atoms with E-state index in [1.54, 1.807) is 0 Å². The highest BCUT2D eigenvalue weighted by atomic mass is 15.2. The second kappa shape index (κ2) is 9.76. The Morgan fingerprint density at radius 1 is 0.750 bits per heavy atom. The van der Waals surface area contributed by atoms with Crippen molar-refractivity contribution in [2.75, 3.05) is 13.1 Å². The fraction of sp³-hybridized carbons (Fsp3) is 1.00. The fourth-order valence-corrected chi connectivity index (χ4v) is 5.91. The van der Waals surface area contributed by atoms with Crippen LogP contribution in [0.4, 0.5) is 0 Å². The smallest absolute Gasteiger partial charge is 0.0156 e. The molecule has 4 nitrogen and oxygen atoms in total. The lowest BCUT2D eigenvalue weighted by atomic mass is 9.74. The topological polar surface area (TPSA) is 53.3 Å². The van der Waals surface area contributed by atoms with E-state index >= 15 is 0 Å². The van der Waals surface area contributed by atoms with Crippen molar-refractivity contribution in [3.8, 4) is 0 Å². The molecule has 2 fully saturated rings. The number of nitrogens with one attached hydrogen (secondary N) is 2. The predicted molar refractivity (Wildman–Crippen MR) is 123 cm³/mol. The standard InChI is InChI=1S/C24H50N4/c1-17-19(3)26-23(5,6)15-21(17)28(14-12-10-9-11-13-25)22-16-24(7,8)27-20(4)18(22)2/h17-22,26-27H,9-16,25H2,1-8H3. The molecular formula is C24H50N4. The average Bonchev–Trinajstić information content (AvgIpc) is 2.57. The molecule has 6 unspecified atom stereocenters. The van der Waals surface area contributed by atoms with E-state index in [9.17, 15) is 0 Å². The molecule has 4 N–H and O–H groups in total. The molecule has 0 bridgehead atoms. The van der Waals surface area contributed by atoms with E-state index in [4.69, 9.17) is 5.73 Å². The predicted octanol–water partition coefficient (Wildman–Crippen LogP) is 4.14. The molecule has 0 aromatic carbocycles. The summed E-state index contributed by atoms with van der Waals surface area (Å²) < 4.78 is 0.